The number of carbonyl (C=O) groups is 1. The van der Waals surface area contributed by atoms with E-state index in [2.05, 4.69) is 15.1 Å². The van der Waals surface area contributed by atoms with E-state index in [9.17, 15) is 9.90 Å². The number of nitrogens with one attached hydrogen (secondary N) is 1. The van der Waals surface area contributed by atoms with Crippen molar-refractivity contribution in [1.29, 1.82) is 0 Å². The third-order valence-corrected chi connectivity index (χ3v) is 6.64. The Balaban J connectivity index is 1.62. The summed E-state index contributed by atoms with van der Waals surface area (Å²) in [6.45, 7) is 5.47. The highest BCUT2D eigenvalue weighted by Gasteiger charge is 2.21. The van der Waals surface area contributed by atoms with Crippen LogP contribution >= 0.6 is 0 Å². The Bertz CT molecular complexity index is 949. The van der Waals surface area contributed by atoms with E-state index in [0.717, 1.165) is 37.3 Å². The molecule has 0 spiro atoms. The van der Waals surface area contributed by atoms with Crippen LogP contribution in [0.1, 0.15) is 47.2 Å². The molecule has 0 aromatic heterocycles. The molecule has 8 heteroatoms. The van der Waals surface area contributed by atoms with Gasteiger partial charge in [0.15, 0.2) is 11.5 Å². The van der Waals surface area contributed by atoms with Gasteiger partial charge < -0.3 is 24.6 Å². The Kier molecular flexibility index (Phi) is 7.80. The summed E-state index contributed by atoms with van der Waals surface area (Å²) in [4.78, 5) is 17.9. The Morgan fingerprint density at radius 2 is 1.29 bits per heavy atom. The molecule has 2 N–H and O–H groups in total. The molecule has 2 aliphatic rings. The van der Waals surface area contributed by atoms with Gasteiger partial charge in [-0.3, -0.25) is 14.6 Å². The molecule has 0 aliphatic carbocycles. The number of hydrogen-bond donors (Lipinski definition) is 2. The minimum Gasteiger partial charge on any atom is -0.507 e. The molecular weight excluding hydrogens is 434 g/mol. The highest BCUT2D eigenvalue weighted by molar-refractivity contribution is 6.05. The largest absolute Gasteiger partial charge is 0.507 e. The van der Waals surface area contributed by atoms with Crippen molar-refractivity contribution in [1.82, 2.24) is 9.80 Å². The van der Waals surface area contributed by atoms with Crippen LogP contribution in [0.15, 0.2) is 24.3 Å². The second kappa shape index (κ2) is 11.0. The smallest absolute Gasteiger partial charge is 0.255 e. The van der Waals surface area contributed by atoms with Crippen molar-refractivity contribution in [3.8, 4) is 23.0 Å². The number of phenols is 1. The van der Waals surface area contributed by atoms with E-state index >= 15 is 0 Å². The van der Waals surface area contributed by atoms with Gasteiger partial charge >= 0.3 is 0 Å². The van der Waals surface area contributed by atoms with Crippen LogP contribution < -0.4 is 19.5 Å². The van der Waals surface area contributed by atoms with E-state index in [0.29, 0.717) is 47.3 Å². The van der Waals surface area contributed by atoms with Crippen molar-refractivity contribution in [2.24, 2.45) is 0 Å². The van der Waals surface area contributed by atoms with Gasteiger partial charge in [0.05, 0.1) is 21.3 Å². The molecule has 34 heavy (non-hydrogen) atoms. The lowest BCUT2D eigenvalue weighted by Crippen LogP contribution is -2.21. The highest BCUT2D eigenvalue weighted by atomic mass is 16.5. The van der Waals surface area contributed by atoms with Crippen LogP contribution in [0.3, 0.4) is 0 Å². The van der Waals surface area contributed by atoms with Crippen molar-refractivity contribution in [3.63, 3.8) is 0 Å². The van der Waals surface area contributed by atoms with E-state index in [1.807, 2.05) is 12.1 Å². The van der Waals surface area contributed by atoms with Crippen molar-refractivity contribution >= 4 is 11.6 Å². The number of ether oxygens (including phenoxy) is 3. The van der Waals surface area contributed by atoms with Gasteiger partial charge in [-0.2, -0.15) is 0 Å². The van der Waals surface area contributed by atoms with Gasteiger partial charge in [-0.25, -0.2) is 0 Å². The van der Waals surface area contributed by atoms with Gasteiger partial charge in [-0.15, -0.1) is 0 Å². The van der Waals surface area contributed by atoms with Gasteiger partial charge in [0.2, 0.25) is 5.75 Å². The molecule has 0 unspecified atom stereocenters. The summed E-state index contributed by atoms with van der Waals surface area (Å²) in [6, 6.07) is 7.04. The predicted octanol–water partition coefficient (Wildman–Crippen LogP) is 3.86. The number of rotatable bonds is 9. The maximum Gasteiger partial charge on any atom is 0.255 e. The summed E-state index contributed by atoms with van der Waals surface area (Å²) >= 11 is 0. The number of likely N-dealkylation sites (tertiary alicyclic amines) is 2. The molecule has 0 saturated carbocycles. The summed E-state index contributed by atoms with van der Waals surface area (Å²) in [5, 5.41) is 14.1. The van der Waals surface area contributed by atoms with E-state index in [1.54, 1.807) is 12.1 Å². The standard InChI is InChI=1S/C26H35N3O5/c1-32-22-14-18(15-23(33-2)25(22)34-3)26(31)27-21-12-19(16-28-8-4-5-9-28)24(30)20(13-21)17-29-10-6-7-11-29/h12-15,30H,4-11,16-17H2,1-3H3,(H,27,31). The minimum absolute atomic E-state index is 0.288. The number of amides is 1. The van der Waals surface area contributed by atoms with E-state index in [1.165, 1.54) is 47.0 Å². The summed E-state index contributed by atoms with van der Waals surface area (Å²) in [6.07, 6.45) is 4.72. The number of anilines is 1. The molecule has 2 aliphatic heterocycles. The monoisotopic (exact) mass is 469 g/mol. The topological polar surface area (TPSA) is 83.5 Å². The van der Waals surface area contributed by atoms with Crippen LogP contribution in [-0.4, -0.2) is 68.3 Å². The number of methoxy groups -OCH3 is 3. The van der Waals surface area contributed by atoms with Crippen LogP contribution in [0.5, 0.6) is 23.0 Å². The number of carbonyl (C=O) groups excluding carboxylic acids is 1. The molecule has 184 valence electrons. The molecule has 2 aromatic rings. The fourth-order valence-electron chi connectivity index (χ4n) is 4.85. The first kappa shape index (κ1) is 24.2. The second-order valence-electron chi connectivity index (χ2n) is 8.98. The molecular formula is C26H35N3O5. The van der Waals surface area contributed by atoms with E-state index < -0.39 is 0 Å². The van der Waals surface area contributed by atoms with Crippen molar-refractivity contribution in [2.75, 3.05) is 52.8 Å². The average Bonchev–Trinajstić information content (AvgIpc) is 3.55. The molecule has 8 nitrogen and oxygen atoms in total. The zero-order chi connectivity index (χ0) is 24.1. The van der Waals surface area contributed by atoms with E-state index in [-0.39, 0.29) is 5.91 Å². The van der Waals surface area contributed by atoms with Crippen LogP contribution in [0.4, 0.5) is 5.69 Å². The van der Waals surface area contributed by atoms with Crippen LogP contribution in [-0.2, 0) is 13.1 Å². The second-order valence-corrected chi connectivity index (χ2v) is 8.98. The number of benzene rings is 2. The number of nitrogens with zero attached hydrogens (tertiary/aromatic N) is 2. The molecule has 4 rings (SSSR count). The fourth-order valence-corrected chi connectivity index (χ4v) is 4.85. The summed E-state index contributed by atoms with van der Waals surface area (Å²) in [5.41, 5.74) is 2.75. The highest BCUT2D eigenvalue weighted by Crippen LogP contribution is 2.38. The molecule has 0 bridgehead atoms. The lowest BCUT2D eigenvalue weighted by molar-refractivity contribution is 0.102. The summed E-state index contributed by atoms with van der Waals surface area (Å²) < 4.78 is 16.2. The summed E-state index contributed by atoms with van der Waals surface area (Å²) in [5.74, 6) is 1.32. The number of phenolic OH excluding ortho intramolecular Hbond substituents is 1. The van der Waals surface area contributed by atoms with Gasteiger partial charge in [0.1, 0.15) is 5.75 Å². The van der Waals surface area contributed by atoms with Gasteiger partial charge in [-0.1, -0.05) is 0 Å². The Hall–Kier alpha value is -2.97. The first-order chi connectivity index (χ1) is 16.5. The van der Waals surface area contributed by atoms with Gasteiger partial charge in [-0.05, 0) is 76.1 Å². The zero-order valence-corrected chi connectivity index (χ0v) is 20.4. The van der Waals surface area contributed by atoms with Crippen LogP contribution in [0, 0.1) is 0 Å². The lowest BCUT2D eigenvalue weighted by Gasteiger charge is -2.21. The Morgan fingerprint density at radius 1 is 0.824 bits per heavy atom. The minimum atomic E-state index is -0.288. The lowest BCUT2D eigenvalue weighted by atomic mass is 10.1. The third-order valence-electron chi connectivity index (χ3n) is 6.64. The van der Waals surface area contributed by atoms with Crippen LogP contribution in [0.2, 0.25) is 0 Å². The van der Waals surface area contributed by atoms with Crippen molar-refractivity contribution < 1.29 is 24.1 Å². The van der Waals surface area contributed by atoms with Crippen LogP contribution in [0.25, 0.3) is 0 Å². The maximum atomic E-state index is 13.2. The first-order valence-electron chi connectivity index (χ1n) is 11.9. The van der Waals surface area contributed by atoms with Gasteiger partial charge in [0, 0.05) is 35.5 Å². The number of hydrogen-bond acceptors (Lipinski definition) is 7. The molecule has 0 radical (unpaired) electrons. The summed E-state index contributed by atoms with van der Waals surface area (Å²) in [7, 11) is 4.57. The number of aromatic hydroxyl groups is 1. The molecule has 2 aromatic carbocycles. The molecule has 2 saturated heterocycles. The Morgan fingerprint density at radius 3 is 1.71 bits per heavy atom. The quantitative estimate of drug-likeness (QED) is 0.540. The predicted molar refractivity (Wildman–Crippen MR) is 131 cm³/mol. The third kappa shape index (κ3) is 5.39. The van der Waals surface area contributed by atoms with Gasteiger partial charge in [0.25, 0.3) is 5.91 Å². The average molecular weight is 470 g/mol. The maximum absolute atomic E-state index is 13.2. The van der Waals surface area contributed by atoms with E-state index in [4.69, 9.17) is 14.2 Å². The normalized spacial score (nSPS) is 16.6. The molecule has 0 atom stereocenters. The van der Waals surface area contributed by atoms with Crippen molar-refractivity contribution in [2.45, 2.75) is 38.8 Å². The Labute approximate surface area is 201 Å². The molecule has 2 fully saturated rings. The van der Waals surface area contributed by atoms with Crippen molar-refractivity contribution in [3.05, 3.63) is 41.0 Å². The zero-order valence-electron chi connectivity index (χ0n) is 20.4. The fraction of sp³-hybridized carbons (Fsp3) is 0.500. The SMILES string of the molecule is COc1cc(C(=O)Nc2cc(CN3CCCC3)c(O)c(CN3CCCC3)c2)cc(OC)c1OC. The molecule has 2 heterocycles. The first-order valence-corrected chi connectivity index (χ1v) is 11.9. The molecule has 1 amide bonds.